The van der Waals surface area contributed by atoms with Gasteiger partial charge in [0.05, 0.1) is 6.10 Å². The van der Waals surface area contributed by atoms with Crippen molar-refractivity contribution >= 4 is 0 Å². The van der Waals surface area contributed by atoms with Crippen molar-refractivity contribution in [3.05, 3.63) is 12.2 Å². The van der Waals surface area contributed by atoms with Gasteiger partial charge in [-0.25, -0.2) is 8.78 Å². The van der Waals surface area contributed by atoms with Crippen LogP contribution in [0.4, 0.5) is 8.78 Å². The molecule has 0 unspecified atom stereocenters. The number of hydrogen-bond acceptors (Lipinski definition) is 1. The van der Waals surface area contributed by atoms with Crippen LogP contribution in [0.25, 0.3) is 0 Å². The lowest BCUT2D eigenvalue weighted by Gasteiger charge is -2.03. The summed E-state index contributed by atoms with van der Waals surface area (Å²) in [6, 6.07) is 0. The number of unbranched alkanes of at least 4 members (excludes halogenated alkanes) is 2. The summed E-state index contributed by atoms with van der Waals surface area (Å²) in [4.78, 5) is 0. The molecule has 0 bridgehead atoms. The Labute approximate surface area is 72.1 Å². The number of allylic oxidation sites excluding steroid dienone is 1. The van der Waals surface area contributed by atoms with Crippen molar-refractivity contribution in [1.82, 2.24) is 0 Å². The molecule has 1 atom stereocenters. The Kier molecular flexibility index (Phi) is 6.96. The second-order valence-corrected chi connectivity index (χ2v) is 2.78. The molecule has 0 aliphatic rings. The summed E-state index contributed by atoms with van der Waals surface area (Å²) in [6.07, 6.45) is 2.33. The van der Waals surface area contributed by atoms with Crippen LogP contribution in [0.1, 0.15) is 32.6 Å². The molecular formula is C9H16F2O. The molecule has 0 spiro atoms. The van der Waals surface area contributed by atoms with Crippen molar-refractivity contribution < 1.29 is 13.9 Å². The summed E-state index contributed by atoms with van der Waals surface area (Å²) in [5.74, 6) is 0. The number of halogens is 2. The second kappa shape index (κ2) is 7.22. The topological polar surface area (TPSA) is 20.2 Å². The second-order valence-electron chi connectivity index (χ2n) is 2.78. The van der Waals surface area contributed by atoms with Gasteiger partial charge in [0.25, 0.3) is 6.43 Å². The Bertz CT molecular complexity index is 124. The molecule has 72 valence electrons. The maximum absolute atomic E-state index is 11.6. The molecule has 1 nitrogen and oxygen atoms in total. The van der Waals surface area contributed by atoms with Gasteiger partial charge in [-0.3, -0.25) is 0 Å². The third kappa shape index (κ3) is 7.66. The summed E-state index contributed by atoms with van der Waals surface area (Å²) in [5.41, 5.74) is 0. The molecule has 0 rings (SSSR count). The average molecular weight is 178 g/mol. The first-order valence-electron chi connectivity index (χ1n) is 4.31. The molecule has 0 saturated heterocycles. The Balaban J connectivity index is 3.38. The van der Waals surface area contributed by atoms with Gasteiger partial charge in [-0.2, -0.15) is 0 Å². The smallest absolute Gasteiger partial charge is 0.257 e. The highest BCUT2D eigenvalue weighted by atomic mass is 19.3. The van der Waals surface area contributed by atoms with E-state index in [0.717, 1.165) is 25.3 Å². The highest BCUT2D eigenvalue weighted by Crippen LogP contribution is 2.05. The Hall–Kier alpha value is -0.440. The highest BCUT2D eigenvalue weighted by Gasteiger charge is 2.00. The maximum atomic E-state index is 11.6. The van der Waals surface area contributed by atoms with E-state index in [-0.39, 0.29) is 0 Å². The van der Waals surface area contributed by atoms with Crippen molar-refractivity contribution in [3.63, 3.8) is 0 Å². The number of aliphatic hydroxyl groups is 1. The van der Waals surface area contributed by atoms with Crippen molar-refractivity contribution in [3.8, 4) is 0 Å². The first-order valence-corrected chi connectivity index (χ1v) is 4.31. The molecule has 0 aliphatic heterocycles. The first-order chi connectivity index (χ1) is 5.66. The fourth-order valence-electron chi connectivity index (χ4n) is 0.912. The fraction of sp³-hybridized carbons (Fsp3) is 0.778. The van der Waals surface area contributed by atoms with Gasteiger partial charge < -0.3 is 5.11 Å². The van der Waals surface area contributed by atoms with Gasteiger partial charge in [-0.1, -0.05) is 32.3 Å². The van der Waals surface area contributed by atoms with Crippen LogP contribution < -0.4 is 0 Å². The lowest BCUT2D eigenvalue weighted by molar-refractivity contribution is 0.188. The first kappa shape index (κ1) is 11.6. The average Bonchev–Trinajstić information content (AvgIpc) is 2.01. The van der Waals surface area contributed by atoms with Gasteiger partial charge in [0.1, 0.15) is 0 Å². The predicted octanol–water partition coefficient (Wildman–Crippen LogP) is 2.75. The van der Waals surface area contributed by atoms with Crippen LogP contribution in [0, 0.1) is 0 Å². The number of rotatable bonds is 6. The van der Waals surface area contributed by atoms with Crippen molar-refractivity contribution in [1.29, 1.82) is 0 Å². The van der Waals surface area contributed by atoms with Crippen LogP contribution in [-0.4, -0.2) is 17.6 Å². The van der Waals surface area contributed by atoms with Gasteiger partial charge in [0.15, 0.2) is 0 Å². The van der Waals surface area contributed by atoms with Crippen molar-refractivity contribution in [2.45, 2.75) is 45.1 Å². The molecule has 0 aliphatic carbocycles. The Morgan fingerprint density at radius 1 is 1.25 bits per heavy atom. The monoisotopic (exact) mass is 178 g/mol. The molecule has 12 heavy (non-hydrogen) atoms. The Morgan fingerprint density at radius 3 is 2.42 bits per heavy atom. The van der Waals surface area contributed by atoms with E-state index < -0.39 is 12.5 Å². The predicted molar refractivity (Wildman–Crippen MR) is 45.3 cm³/mol. The maximum Gasteiger partial charge on any atom is 0.257 e. The normalized spacial score (nSPS) is 14.4. The molecule has 0 aromatic carbocycles. The highest BCUT2D eigenvalue weighted by molar-refractivity contribution is 4.90. The van der Waals surface area contributed by atoms with E-state index in [9.17, 15) is 8.78 Å². The lowest BCUT2D eigenvalue weighted by atomic mass is 10.1. The van der Waals surface area contributed by atoms with Gasteiger partial charge in [0.2, 0.25) is 0 Å². The number of alkyl halides is 2. The van der Waals surface area contributed by atoms with E-state index in [0.29, 0.717) is 6.42 Å². The minimum atomic E-state index is -2.45. The molecule has 0 aromatic heterocycles. The zero-order valence-corrected chi connectivity index (χ0v) is 7.34. The molecule has 0 saturated carbocycles. The Morgan fingerprint density at radius 2 is 1.92 bits per heavy atom. The summed E-state index contributed by atoms with van der Waals surface area (Å²) in [7, 11) is 0. The standard InChI is InChI=1S/C9H16F2O/c1-2-3-4-5-8(12)6-7-9(10)11/h6-9,12H,2-5H2,1H3/b7-6-/t8-/m0/s1. The fourth-order valence-corrected chi connectivity index (χ4v) is 0.912. The molecular weight excluding hydrogens is 162 g/mol. The number of aliphatic hydroxyl groups excluding tert-OH is 1. The van der Waals surface area contributed by atoms with Gasteiger partial charge >= 0.3 is 0 Å². The summed E-state index contributed by atoms with van der Waals surface area (Å²) < 4.78 is 23.2. The van der Waals surface area contributed by atoms with E-state index in [1.54, 1.807) is 0 Å². The van der Waals surface area contributed by atoms with Crippen LogP contribution in [0.3, 0.4) is 0 Å². The molecule has 0 fully saturated rings. The van der Waals surface area contributed by atoms with Crippen LogP contribution in [-0.2, 0) is 0 Å². The summed E-state index contributed by atoms with van der Waals surface area (Å²) in [5, 5.41) is 9.10. The molecule has 0 radical (unpaired) electrons. The van der Waals surface area contributed by atoms with Crippen LogP contribution >= 0.6 is 0 Å². The van der Waals surface area contributed by atoms with Gasteiger partial charge in [-0.15, -0.1) is 0 Å². The van der Waals surface area contributed by atoms with Crippen molar-refractivity contribution in [2.75, 3.05) is 0 Å². The SMILES string of the molecule is CCCCC[C@H](O)/C=C\C(F)F. The third-order valence-electron chi connectivity index (χ3n) is 1.58. The molecule has 0 heterocycles. The minimum absolute atomic E-state index is 0.580. The van der Waals surface area contributed by atoms with Crippen LogP contribution in [0.15, 0.2) is 12.2 Å². The van der Waals surface area contributed by atoms with Gasteiger partial charge in [-0.05, 0) is 12.5 Å². The quantitative estimate of drug-likeness (QED) is 0.489. The minimum Gasteiger partial charge on any atom is -0.389 e. The molecule has 3 heteroatoms. The zero-order chi connectivity index (χ0) is 9.40. The zero-order valence-electron chi connectivity index (χ0n) is 7.34. The summed E-state index contributed by atoms with van der Waals surface area (Å²) in [6.45, 7) is 2.06. The van der Waals surface area contributed by atoms with E-state index in [4.69, 9.17) is 5.11 Å². The van der Waals surface area contributed by atoms with Crippen LogP contribution in [0.2, 0.25) is 0 Å². The molecule has 1 N–H and O–H groups in total. The largest absolute Gasteiger partial charge is 0.389 e. The van der Waals surface area contributed by atoms with E-state index in [2.05, 4.69) is 6.92 Å². The lowest BCUT2D eigenvalue weighted by Crippen LogP contribution is -2.02. The van der Waals surface area contributed by atoms with E-state index >= 15 is 0 Å². The molecule has 0 aromatic rings. The van der Waals surface area contributed by atoms with E-state index in [1.165, 1.54) is 6.08 Å². The van der Waals surface area contributed by atoms with Crippen LogP contribution in [0.5, 0.6) is 0 Å². The third-order valence-corrected chi connectivity index (χ3v) is 1.58. The van der Waals surface area contributed by atoms with Crippen molar-refractivity contribution in [2.24, 2.45) is 0 Å². The summed E-state index contributed by atoms with van der Waals surface area (Å²) >= 11 is 0. The van der Waals surface area contributed by atoms with Gasteiger partial charge in [0, 0.05) is 0 Å². The number of hydrogen-bond donors (Lipinski definition) is 1. The van der Waals surface area contributed by atoms with E-state index in [1.807, 2.05) is 0 Å². The molecule has 0 amide bonds.